The number of halogens is 1. The molecule has 0 fully saturated rings. The Morgan fingerprint density at radius 1 is 1.22 bits per heavy atom. The zero-order valence-corrected chi connectivity index (χ0v) is 12.1. The van der Waals surface area contributed by atoms with Crippen molar-refractivity contribution in [2.75, 3.05) is 11.9 Å². The lowest BCUT2D eigenvalue weighted by Crippen LogP contribution is -2.38. The molecule has 0 saturated heterocycles. The maximum absolute atomic E-state index is 9.59. The summed E-state index contributed by atoms with van der Waals surface area (Å²) < 4.78 is 0. The van der Waals surface area contributed by atoms with Crippen LogP contribution in [0.15, 0.2) is 24.3 Å². The molecule has 0 heterocycles. The fourth-order valence-corrected chi connectivity index (χ4v) is 2.19. The summed E-state index contributed by atoms with van der Waals surface area (Å²) in [6, 6.07) is 7.66. The molecule has 1 rings (SSSR count). The molecule has 0 aliphatic carbocycles. The van der Waals surface area contributed by atoms with Crippen LogP contribution in [0.4, 0.5) is 5.69 Å². The van der Waals surface area contributed by atoms with Gasteiger partial charge in [0.25, 0.3) is 0 Å². The molecule has 0 aromatic heterocycles. The van der Waals surface area contributed by atoms with Crippen LogP contribution in [0.25, 0.3) is 0 Å². The van der Waals surface area contributed by atoms with E-state index in [1.165, 1.54) is 19.3 Å². The first-order valence-electron chi connectivity index (χ1n) is 6.75. The first-order valence-corrected chi connectivity index (χ1v) is 7.12. The summed E-state index contributed by atoms with van der Waals surface area (Å²) in [5.74, 6) is 0. The Bertz CT molecular complexity index is 356. The third-order valence-electron chi connectivity index (χ3n) is 3.24. The van der Waals surface area contributed by atoms with Crippen molar-refractivity contribution in [2.45, 2.75) is 51.5 Å². The second-order valence-corrected chi connectivity index (χ2v) is 5.54. The van der Waals surface area contributed by atoms with Gasteiger partial charge in [-0.1, -0.05) is 56.3 Å². The fourth-order valence-electron chi connectivity index (χ4n) is 2.01. The molecule has 0 amide bonds. The van der Waals surface area contributed by atoms with Crippen LogP contribution in [0.3, 0.4) is 0 Å². The van der Waals surface area contributed by atoms with E-state index in [0.29, 0.717) is 5.02 Å². The highest BCUT2D eigenvalue weighted by Gasteiger charge is 2.23. The van der Waals surface area contributed by atoms with Crippen LogP contribution >= 0.6 is 11.6 Å². The van der Waals surface area contributed by atoms with Crippen LogP contribution in [-0.2, 0) is 0 Å². The van der Waals surface area contributed by atoms with E-state index in [4.69, 9.17) is 11.6 Å². The largest absolute Gasteiger partial charge is 0.394 e. The van der Waals surface area contributed by atoms with Gasteiger partial charge in [-0.2, -0.15) is 0 Å². The lowest BCUT2D eigenvalue weighted by Gasteiger charge is -2.30. The predicted molar refractivity (Wildman–Crippen MR) is 79.3 cm³/mol. The Morgan fingerprint density at radius 2 is 1.94 bits per heavy atom. The molecule has 0 aliphatic rings. The molecule has 1 aromatic carbocycles. The highest BCUT2D eigenvalue weighted by Crippen LogP contribution is 2.26. The highest BCUT2D eigenvalue weighted by molar-refractivity contribution is 6.33. The van der Waals surface area contributed by atoms with E-state index in [1.54, 1.807) is 0 Å². The van der Waals surface area contributed by atoms with Gasteiger partial charge in [0.15, 0.2) is 0 Å². The Balaban J connectivity index is 2.56. The molecule has 0 radical (unpaired) electrons. The van der Waals surface area contributed by atoms with Crippen LogP contribution in [-0.4, -0.2) is 17.3 Å². The van der Waals surface area contributed by atoms with Gasteiger partial charge in [0.2, 0.25) is 0 Å². The third-order valence-corrected chi connectivity index (χ3v) is 3.57. The molecule has 1 aromatic rings. The Hall–Kier alpha value is -0.730. The van der Waals surface area contributed by atoms with Gasteiger partial charge < -0.3 is 10.4 Å². The van der Waals surface area contributed by atoms with Gasteiger partial charge >= 0.3 is 0 Å². The molecule has 0 spiro atoms. The number of unbranched alkanes of at least 4 members (excludes halogenated alkanes) is 3. The van der Waals surface area contributed by atoms with Crippen molar-refractivity contribution in [3.05, 3.63) is 29.3 Å². The SMILES string of the molecule is CCCCCCC(C)(CO)Nc1ccccc1Cl. The smallest absolute Gasteiger partial charge is 0.0658 e. The van der Waals surface area contributed by atoms with E-state index < -0.39 is 0 Å². The second-order valence-electron chi connectivity index (χ2n) is 5.13. The summed E-state index contributed by atoms with van der Waals surface area (Å²) in [7, 11) is 0. The van der Waals surface area contributed by atoms with Crippen molar-refractivity contribution in [1.29, 1.82) is 0 Å². The molecule has 0 bridgehead atoms. The molecule has 3 heteroatoms. The third kappa shape index (κ3) is 4.87. The molecular formula is C15H24ClNO. The van der Waals surface area contributed by atoms with Gasteiger partial charge in [0.1, 0.15) is 0 Å². The molecule has 18 heavy (non-hydrogen) atoms. The summed E-state index contributed by atoms with van der Waals surface area (Å²) in [5.41, 5.74) is 0.602. The van der Waals surface area contributed by atoms with Gasteiger partial charge in [-0.25, -0.2) is 0 Å². The monoisotopic (exact) mass is 269 g/mol. The average Bonchev–Trinajstić information content (AvgIpc) is 2.38. The first-order chi connectivity index (χ1) is 8.61. The zero-order valence-electron chi connectivity index (χ0n) is 11.4. The molecule has 1 unspecified atom stereocenters. The van der Waals surface area contributed by atoms with Gasteiger partial charge in [0.05, 0.1) is 22.9 Å². The minimum Gasteiger partial charge on any atom is -0.394 e. The summed E-state index contributed by atoms with van der Waals surface area (Å²) in [5, 5.41) is 13.7. The predicted octanol–water partition coefficient (Wildman–Crippen LogP) is 4.47. The van der Waals surface area contributed by atoms with Crippen molar-refractivity contribution in [3.63, 3.8) is 0 Å². The molecule has 2 nitrogen and oxygen atoms in total. The lowest BCUT2D eigenvalue weighted by molar-refractivity contribution is 0.211. The number of aliphatic hydroxyl groups is 1. The van der Waals surface area contributed by atoms with Gasteiger partial charge in [-0.05, 0) is 25.5 Å². The maximum atomic E-state index is 9.59. The summed E-state index contributed by atoms with van der Waals surface area (Å²) in [6.45, 7) is 4.36. The van der Waals surface area contributed by atoms with Crippen LogP contribution in [0.5, 0.6) is 0 Å². The van der Waals surface area contributed by atoms with Crippen molar-refractivity contribution >= 4 is 17.3 Å². The number of para-hydroxylation sites is 1. The van der Waals surface area contributed by atoms with Crippen molar-refractivity contribution < 1.29 is 5.11 Å². The minimum absolute atomic E-state index is 0.115. The quantitative estimate of drug-likeness (QED) is 0.683. The normalized spacial score (nSPS) is 14.2. The first kappa shape index (κ1) is 15.3. The Kier molecular flexibility index (Phi) is 6.51. The molecular weight excluding hydrogens is 246 g/mol. The topological polar surface area (TPSA) is 32.3 Å². The van der Waals surface area contributed by atoms with E-state index in [1.807, 2.05) is 31.2 Å². The van der Waals surface area contributed by atoms with E-state index >= 15 is 0 Å². The van der Waals surface area contributed by atoms with Crippen LogP contribution in [0.2, 0.25) is 5.02 Å². The number of nitrogens with one attached hydrogen (secondary N) is 1. The molecule has 0 aliphatic heterocycles. The zero-order chi connectivity index (χ0) is 13.4. The molecule has 0 saturated carbocycles. The fraction of sp³-hybridized carbons (Fsp3) is 0.600. The van der Waals surface area contributed by atoms with E-state index in [-0.39, 0.29) is 12.1 Å². The second kappa shape index (κ2) is 7.65. The van der Waals surface area contributed by atoms with Crippen LogP contribution in [0, 0.1) is 0 Å². The number of rotatable bonds is 8. The Morgan fingerprint density at radius 3 is 2.56 bits per heavy atom. The lowest BCUT2D eigenvalue weighted by atomic mass is 9.94. The van der Waals surface area contributed by atoms with Gasteiger partial charge in [-0.15, -0.1) is 0 Å². The van der Waals surface area contributed by atoms with E-state index in [0.717, 1.165) is 18.5 Å². The van der Waals surface area contributed by atoms with E-state index in [2.05, 4.69) is 12.2 Å². The van der Waals surface area contributed by atoms with Crippen LogP contribution < -0.4 is 5.32 Å². The van der Waals surface area contributed by atoms with Crippen molar-refractivity contribution in [2.24, 2.45) is 0 Å². The molecule has 1 atom stereocenters. The molecule has 102 valence electrons. The Labute approximate surface area is 115 Å². The number of hydrogen-bond donors (Lipinski definition) is 2. The average molecular weight is 270 g/mol. The highest BCUT2D eigenvalue weighted by atomic mass is 35.5. The summed E-state index contributed by atoms with van der Waals surface area (Å²) in [4.78, 5) is 0. The molecule has 2 N–H and O–H groups in total. The number of benzene rings is 1. The standard InChI is InChI=1S/C15H24ClNO/c1-3-4-5-8-11-15(2,12-18)17-14-10-7-6-9-13(14)16/h6-7,9-10,17-18H,3-5,8,11-12H2,1-2H3. The number of aliphatic hydroxyl groups excluding tert-OH is 1. The minimum atomic E-state index is -0.293. The van der Waals surface area contributed by atoms with Crippen LogP contribution in [0.1, 0.15) is 46.0 Å². The van der Waals surface area contributed by atoms with E-state index in [9.17, 15) is 5.11 Å². The van der Waals surface area contributed by atoms with Gasteiger partial charge in [-0.3, -0.25) is 0 Å². The summed E-state index contributed by atoms with van der Waals surface area (Å²) in [6.07, 6.45) is 5.79. The van der Waals surface area contributed by atoms with Gasteiger partial charge in [0, 0.05) is 0 Å². The maximum Gasteiger partial charge on any atom is 0.0658 e. The van der Waals surface area contributed by atoms with Crippen molar-refractivity contribution in [3.8, 4) is 0 Å². The van der Waals surface area contributed by atoms with Crippen molar-refractivity contribution in [1.82, 2.24) is 0 Å². The summed E-state index contributed by atoms with van der Waals surface area (Å²) >= 11 is 6.13. The number of anilines is 1. The number of hydrogen-bond acceptors (Lipinski definition) is 2.